The lowest BCUT2D eigenvalue weighted by Crippen LogP contribution is -2.25. The van der Waals surface area contributed by atoms with E-state index in [-0.39, 0.29) is 23.5 Å². The Morgan fingerprint density at radius 2 is 1.88 bits per heavy atom. The fourth-order valence-electron chi connectivity index (χ4n) is 3.86. The Labute approximate surface area is 149 Å². The van der Waals surface area contributed by atoms with E-state index in [1.165, 1.54) is 6.08 Å². The number of aliphatic hydroxyl groups is 2. The van der Waals surface area contributed by atoms with Gasteiger partial charge in [0, 0.05) is 6.42 Å². The van der Waals surface area contributed by atoms with Gasteiger partial charge in [0.25, 0.3) is 0 Å². The summed E-state index contributed by atoms with van der Waals surface area (Å²) in [5, 5.41) is 29.6. The van der Waals surface area contributed by atoms with Crippen molar-refractivity contribution in [1.29, 1.82) is 0 Å². The van der Waals surface area contributed by atoms with E-state index in [1.807, 2.05) is 6.08 Å². The van der Waals surface area contributed by atoms with Gasteiger partial charge < -0.3 is 10.2 Å². The van der Waals surface area contributed by atoms with Crippen molar-refractivity contribution in [2.75, 3.05) is 0 Å². The van der Waals surface area contributed by atoms with Gasteiger partial charge in [-0.1, -0.05) is 26.5 Å². The Morgan fingerprint density at radius 1 is 1.24 bits per heavy atom. The maximum atomic E-state index is 12.4. The second-order valence-electron chi connectivity index (χ2n) is 8.07. The fourth-order valence-corrected chi connectivity index (χ4v) is 3.86. The third-order valence-corrected chi connectivity index (χ3v) is 5.97. The van der Waals surface area contributed by atoms with Gasteiger partial charge in [-0.05, 0) is 66.7 Å². The second kappa shape index (κ2) is 7.54. The van der Waals surface area contributed by atoms with E-state index in [0.717, 1.165) is 12.0 Å². The van der Waals surface area contributed by atoms with Crippen LogP contribution < -0.4 is 0 Å². The molecule has 0 aliphatic heterocycles. The molecule has 2 aliphatic carbocycles. The number of fused-ring (bicyclic) bond motifs is 1. The zero-order valence-corrected chi connectivity index (χ0v) is 15.5. The van der Waals surface area contributed by atoms with Crippen LogP contribution in [0, 0.1) is 17.3 Å². The number of Topliss-reactive ketones (excluding diaryl/α,β-unsaturated/α-hetero) is 1. The summed E-state index contributed by atoms with van der Waals surface area (Å²) in [6.45, 7) is 11.7. The molecule has 0 radical (unpaired) electrons. The Balaban J connectivity index is 2.32. The molecule has 5 atom stereocenters. The van der Waals surface area contributed by atoms with E-state index in [1.54, 1.807) is 13.8 Å². The summed E-state index contributed by atoms with van der Waals surface area (Å²) in [6, 6.07) is 0. The van der Waals surface area contributed by atoms with Crippen molar-refractivity contribution in [3.8, 4) is 0 Å². The molecule has 140 valence electrons. The largest absolute Gasteiger partial charge is 0.389 e. The highest BCUT2D eigenvalue weighted by Crippen LogP contribution is 2.61. The Kier molecular flexibility index (Phi) is 6.05. The molecule has 0 amide bonds. The number of carbonyl (C=O) groups excluding carboxylic acids is 1. The Morgan fingerprint density at radius 3 is 2.48 bits per heavy atom. The molecule has 0 aromatic carbocycles. The summed E-state index contributed by atoms with van der Waals surface area (Å²) < 4.78 is 0. The summed E-state index contributed by atoms with van der Waals surface area (Å²) in [4.78, 5) is 16.9. The van der Waals surface area contributed by atoms with E-state index in [9.17, 15) is 20.3 Å². The number of ketones is 1. The molecule has 2 rings (SSSR count). The minimum atomic E-state index is -1.29. The number of rotatable bonds is 1. The van der Waals surface area contributed by atoms with Gasteiger partial charge in [0.2, 0.25) is 0 Å². The minimum Gasteiger partial charge on any atom is -0.389 e. The predicted molar refractivity (Wildman–Crippen MR) is 95.8 cm³/mol. The van der Waals surface area contributed by atoms with Gasteiger partial charge >= 0.3 is 0 Å². The zero-order valence-electron chi connectivity index (χ0n) is 15.5. The highest BCUT2D eigenvalue weighted by molar-refractivity contribution is 5.99. The molecule has 0 bridgehead atoms. The molecule has 0 aromatic heterocycles. The SMILES string of the molecule is C=C1CC[C@H]2[C@@H](/C=C(\C)C(=O)C(O)/C=C(\C)C(O)CC1OO)C2(C)C. The summed E-state index contributed by atoms with van der Waals surface area (Å²) in [5.41, 5.74) is 1.85. The van der Waals surface area contributed by atoms with E-state index in [2.05, 4.69) is 25.3 Å². The lowest BCUT2D eigenvalue weighted by atomic mass is 9.94. The molecular formula is C20H30O5. The van der Waals surface area contributed by atoms with Crippen LogP contribution in [0.3, 0.4) is 0 Å². The third-order valence-electron chi connectivity index (χ3n) is 5.97. The van der Waals surface area contributed by atoms with Crippen LogP contribution in [0.25, 0.3) is 0 Å². The van der Waals surface area contributed by atoms with Crippen molar-refractivity contribution in [3.63, 3.8) is 0 Å². The fraction of sp³-hybridized carbons (Fsp3) is 0.650. The quantitative estimate of drug-likeness (QED) is 0.384. The van der Waals surface area contributed by atoms with Crippen LogP contribution in [0.1, 0.15) is 47.0 Å². The average molecular weight is 350 g/mol. The van der Waals surface area contributed by atoms with Gasteiger partial charge in [-0.15, -0.1) is 0 Å². The highest BCUT2D eigenvalue weighted by Gasteiger charge is 2.55. The molecular weight excluding hydrogens is 320 g/mol. The number of carbonyl (C=O) groups is 1. The average Bonchev–Trinajstić information content (AvgIpc) is 3.07. The molecule has 0 spiro atoms. The van der Waals surface area contributed by atoms with Crippen LogP contribution in [0.4, 0.5) is 0 Å². The van der Waals surface area contributed by atoms with Gasteiger partial charge in [0.1, 0.15) is 12.2 Å². The van der Waals surface area contributed by atoms with Gasteiger partial charge in [-0.2, -0.15) is 0 Å². The molecule has 2 aliphatic rings. The smallest absolute Gasteiger partial charge is 0.190 e. The number of hydrogen-bond donors (Lipinski definition) is 3. The highest BCUT2D eigenvalue weighted by atomic mass is 17.1. The van der Waals surface area contributed by atoms with Crippen molar-refractivity contribution in [1.82, 2.24) is 0 Å². The molecule has 3 N–H and O–H groups in total. The molecule has 5 heteroatoms. The molecule has 5 nitrogen and oxygen atoms in total. The third kappa shape index (κ3) is 4.29. The first-order valence-electron chi connectivity index (χ1n) is 8.84. The molecule has 3 unspecified atom stereocenters. The van der Waals surface area contributed by atoms with Crippen LogP contribution in [0.15, 0.2) is 35.5 Å². The minimum absolute atomic E-state index is 0.0911. The lowest BCUT2D eigenvalue weighted by Gasteiger charge is -2.21. The Hall–Kier alpha value is -1.27. The summed E-state index contributed by atoms with van der Waals surface area (Å²) in [5.74, 6) is 0.349. The first-order chi connectivity index (χ1) is 11.6. The predicted octanol–water partition coefficient (Wildman–Crippen LogP) is 3.04. The van der Waals surface area contributed by atoms with Gasteiger partial charge in [0.05, 0.1) is 6.10 Å². The Bertz CT molecular complexity index is 601. The normalized spacial score (nSPS) is 41.0. The van der Waals surface area contributed by atoms with Gasteiger partial charge in [-0.25, -0.2) is 4.89 Å². The van der Waals surface area contributed by atoms with Gasteiger partial charge in [0.15, 0.2) is 5.78 Å². The first-order valence-corrected chi connectivity index (χ1v) is 8.84. The number of hydrogen-bond acceptors (Lipinski definition) is 5. The first kappa shape index (κ1) is 20.0. The number of allylic oxidation sites excluding steroid dienone is 1. The van der Waals surface area contributed by atoms with E-state index in [4.69, 9.17) is 0 Å². The molecule has 0 aromatic rings. The monoisotopic (exact) mass is 350 g/mol. The maximum absolute atomic E-state index is 12.4. The molecule has 25 heavy (non-hydrogen) atoms. The van der Waals surface area contributed by atoms with Crippen LogP contribution >= 0.6 is 0 Å². The van der Waals surface area contributed by atoms with Crippen LogP contribution in [0.2, 0.25) is 0 Å². The van der Waals surface area contributed by atoms with E-state index < -0.39 is 18.3 Å². The lowest BCUT2D eigenvalue weighted by molar-refractivity contribution is -0.272. The van der Waals surface area contributed by atoms with Crippen LogP contribution in [0.5, 0.6) is 0 Å². The second-order valence-corrected chi connectivity index (χ2v) is 8.07. The summed E-state index contributed by atoms with van der Waals surface area (Å²) in [7, 11) is 0. The topological polar surface area (TPSA) is 87.0 Å². The van der Waals surface area contributed by atoms with Crippen molar-refractivity contribution >= 4 is 5.78 Å². The molecule has 1 fully saturated rings. The van der Waals surface area contributed by atoms with Gasteiger partial charge in [-0.3, -0.25) is 10.1 Å². The van der Waals surface area contributed by atoms with Crippen molar-refractivity contribution < 1.29 is 25.2 Å². The van der Waals surface area contributed by atoms with E-state index >= 15 is 0 Å². The van der Waals surface area contributed by atoms with Crippen molar-refractivity contribution in [3.05, 3.63) is 35.5 Å². The molecule has 0 heterocycles. The molecule has 0 saturated heterocycles. The van der Waals surface area contributed by atoms with Crippen molar-refractivity contribution in [2.24, 2.45) is 17.3 Å². The van der Waals surface area contributed by atoms with Crippen molar-refractivity contribution in [2.45, 2.75) is 65.3 Å². The standard InChI is InChI=1S/C20H30O5/c1-11-6-7-14-15(20(14,4)5)8-13(3)19(23)17(22)9-12(2)16(21)10-18(11)25-24/h8-9,14-18,21-22,24H,1,6-7,10H2,2-5H3/b12-9+,13-8+/t14-,15+,16?,17?,18?/m0/s1. The zero-order chi connectivity index (χ0) is 18.9. The maximum Gasteiger partial charge on any atom is 0.190 e. The van der Waals surface area contributed by atoms with Crippen LogP contribution in [-0.2, 0) is 9.68 Å². The molecule has 1 saturated carbocycles. The summed E-state index contributed by atoms with van der Waals surface area (Å²) in [6.07, 6.45) is 2.13. The van der Waals surface area contributed by atoms with E-state index in [0.29, 0.717) is 23.5 Å². The van der Waals surface area contributed by atoms with Crippen LogP contribution in [-0.4, -0.2) is 39.6 Å². The number of aliphatic hydroxyl groups excluding tert-OH is 2. The summed E-state index contributed by atoms with van der Waals surface area (Å²) >= 11 is 0.